The van der Waals surface area contributed by atoms with Gasteiger partial charge < -0.3 is 49.4 Å². The van der Waals surface area contributed by atoms with Gasteiger partial charge in [-0.1, -0.05) is 6.07 Å². The van der Waals surface area contributed by atoms with E-state index in [1.807, 2.05) is 0 Å². The van der Waals surface area contributed by atoms with Gasteiger partial charge in [0.1, 0.15) is 24.4 Å². The Labute approximate surface area is 224 Å². The van der Waals surface area contributed by atoms with Crippen LogP contribution in [0.4, 0.5) is 0 Å². The second kappa shape index (κ2) is 11.8. The van der Waals surface area contributed by atoms with Gasteiger partial charge in [0.05, 0.1) is 34.0 Å². The SMILES string of the molecule is COc1c(O[C@@H]2O[C@H](CO)[C@@H](O)[C@H](O)[C@H]2O)cc2c(c1OC)-c1ccc(OC)c(=O)cc1C(NC(C)=O)CC2. The van der Waals surface area contributed by atoms with Crippen molar-refractivity contribution in [2.45, 2.75) is 56.5 Å². The zero-order chi connectivity index (χ0) is 28.4. The molecule has 1 fully saturated rings. The number of nitrogens with one attached hydrogen (secondary N) is 1. The Morgan fingerprint density at radius 1 is 1.00 bits per heavy atom. The van der Waals surface area contributed by atoms with Gasteiger partial charge in [-0.2, -0.15) is 0 Å². The lowest BCUT2D eigenvalue weighted by molar-refractivity contribution is -0.277. The maximum absolute atomic E-state index is 12.9. The third kappa shape index (κ3) is 5.38. The van der Waals surface area contributed by atoms with E-state index < -0.39 is 43.4 Å². The lowest BCUT2D eigenvalue weighted by Gasteiger charge is -2.39. The van der Waals surface area contributed by atoms with Crippen molar-refractivity contribution in [3.63, 3.8) is 0 Å². The minimum Gasteiger partial charge on any atom is -0.493 e. The first-order valence-corrected chi connectivity index (χ1v) is 12.4. The fraction of sp³-hybridized carbons (Fsp3) is 0.481. The first-order chi connectivity index (χ1) is 18.6. The summed E-state index contributed by atoms with van der Waals surface area (Å²) in [4.78, 5) is 24.9. The van der Waals surface area contributed by atoms with Crippen LogP contribution in [0.2, 0.25) is 0 Å². The van der Waals surface area contributed by atoms with Crippen molar-refractivity contribution in [2.75, 3.05) is 27.9 Å². The van der Waals surface area contributed by atoms with Crippen LogP contribution in [0.25, 0.3) is 11.1 Å². The first kappa shape index (κ1) is 28.6. The molecule has 0 saturated carbocycles. The normalized spacial score (nSPS) is 25.9. The molecule has 5 N–H and O–H groups in total. The van der Waals surface area contributed by atoms with Crippen LogP contribution < -0.4 is 29.7 Å². The number of hydrogen-bond acceptors (Lipinski definition) is 11. The third-order valence-electron chi connectivity index (χ3n) is 6.97. The van der Waals surface area contributed by atoms with Gasteiger partial charge in [0, 0.05) is 12.5 Å². The van der Waals surface area contributed by atoms with E-state index in [9.17, 15) is 30.0 Å². The Morgan fingerprint density at radius 2 is 1.72 bits per heavy atom. The van der Waals surface area contributed by atoms with Crippen molar-refractivity contribution in [1.29, 1.82) is 0 Å². The molecule has 0 aromatic heterocycles. The van der Waals surface area contributed by atoms with Gasteiger partial charge in [0.15, 0.2) is 17.2 Å². The lowest BCUT2D eigenvalue weighted by atomic mass is 9.95. The average Bonchev–Trinajstić information content (AvgIpc) is 3.16. The quantitative estimate of drug-likeness (QED) is 0.317. The number of carbonyl (C=O) groups is 1. The van der Waals surface area contributed by atoms with Crippen molar-refractivity contribution < 1.29 is 48.9 Å². The number of benzene rings is 1. The molecular formula is C27H33NO11. The number of amides is 1. The van der Waals surface area contributed by atoms with Gasteiger partial charge in [-0.3, -0.25) is 9.59 Å². The van der Waals surface area contributed by atoms with E-state index in [1.165, 1.54) is 34.3 Å². The fourth-order valence-corrected chi connectivity index (χ4v) is 5.09. The van der Waals surface area contributed by atoms with Crippen molar-refractivity contribution in [2.24, 2.45) is 0 Å². The van der Waals surface area contributed by atoms with Crippen LogP contribution in [0.3, 0.4) is 0 Å². The first-order valence-electron chi connectivity index (χ1n) is 12.4. The largest absolute Gasteiger partial charge is 0.493 e. The molecule has 12 heteroatoms. The van der Waals surface area contributed by atoms with Gasteiger partial charge in [-0.15, -0.1) is 0 Å². The molecule has 12 nitrogen and oxygen atoms in total. The van der Waals surface area contributed by atoms with Crippen LogP contribution in [0.5, 0.6) is 23.0 Å². The molecule has 1 amide bonds. The highest BCUT2D eigenvalue weighted by Gasteiger charge is 2.45. The molecule has 1 aliphatic heterocycles. The smallest absolute Gasteiger partial charge is 0.229 e. The molecule has 1 saturated heterocycles. The summed E-state index contributed by atoms with van der Waals surface area (Å²) < 4.78 is 28.1. The Balaban J connectivity index is 1.89. The van der Waals surface area contributed by atoms with Gasteiger partial charge in [-0.05, 0) is 47.7 Å². The number of ether oxygens (including phenoxy) is 5. The average molecular weight is 548 g/mol. The van der Waals surface area contributed by atoms with Crippen LogP contribution in [0.1, 0.15) is 30.5 Å². The molecule has 1 unspecified atom stereocenters. The number of rotatable bonds is 7. The predicted octanol–water partition coefficient (Wildman–Crippen LogP) is 0.0417. The van der Waals surface area contributed by atoms with E-state index in [-0.39, 0.29) is 34.3 Å². The van der Waals surface area contributed by atoms with Crippen LogP contribution in [0, 0.1) is 0 Å². The standard InChI is InChI=1S/C27H33NO11/c1-12(30)28-16-7-5-13-9-19(38-27-24(34)23(33)22(32)20(11-29)39-27)25(36-3)26(37-4)21(13)14-6-8-18(35-2)17(31)10-15(14)16/h6,8-10,16,20,22-24,27,29,32-34H,5,7,11H2,1-4H3,(H,28,30)/t16?,20-,22-,23+,24-,27-/m1/s1. The zero-order valence-corrected chi connectivity index (χ0v) is 22.0. The molecule has 0 spiro atoms. The molecule has 2 aromatic rings. The molecule has 1 heterocycles. The highest BCUT2D eigenvalue weighted by molar-refractivity contribution is 5.83. The van der Waals surface area contributed by atoms with E-state index >= 15 is 0 Å². The Kier molecular flexibility index (Phi) is 8.62. The summed E-state index contributed by atoms with van der Waals surface area (Å²) >= 11 is 0. The summed E-state index contributed by atoms with van der Waals surface area (Å²) in [6, 6.07) is 5.87. The van der Waals surface area contributed by atoms with E-state index in [0.717, 1.165) is 5.56 Å². The van der Waals surface area contributed by atoms with Gasteiger partial charge in [0.25, 0.3) is 0 Å². The second-order valence-electron chi connectivity index (χ2n) is 9.36. The Hall–Kier alpha value is -3.42. The number of fused-ring (bicyclic) bond motifs is 3. The topological polar surface area (TPSA) is 173 Å². The van der Waals surface area contributed by atoms with Crippen LogP contribution in [0.15, 0.2) is 29.1 Å². The van der Waals surface area contributed by atoms with Gasteiger partial charge in [-0.25, -0.2) is 0 Å². The van der Waals surface area contributed by atoms with E-state index in [4.69, 9.17) is 23.7 Å². The summed E-state index contributed by atoms with van der Waals surface area (Å²) in [6.45, 7) is 0.786. The zero-order valence-electron chi connectivity index (χ0n) is 22.0. The van der Waals surface area contributed by atoms with Crippen molar-refractivity contribution in [1.82, 2.24) is 5.32 Å². The highest BCUT2D eigenvalue weighted by atomic mass is 16.7. The molecule has 0 bridgehead atoms. The van der Waals surface area contributed by atoms with Crippen LogP contribution >= 0.6 is 0 Å². The van der Waals surface area contributed by atoms with Crippen LogP contribution in [-0.4, -0.2) is 85.0 Å². The minimum absolute atomic E-state index is 0.111. The number of aryl methyl sites for hydroxylation is 1. The van der Waals surface area contributed by atoms with Crippen molar-refractivity contribution >= 4 is 5.91 Å². The molecule has 4 rings (SSSR count). The molecule has 1 aliphatic carbocycles. The summed E-state index contributed by atoms with van der Waals surface area (Å²) in [5.74, 6) is 0.368. The van der Waals surface area contributed by atoms with Crippen molar-refractivity contribution in [3.8, 4) is 34.1 Å². The minimum atomic E-state index is -1.64. The number of methoxy groups -OCH3 is 3. The summed E-state index contributed by atoms with van der Waals surface area (Å²) in [6.07, 6.45) is -6.56. The monoisotopic (exact) mass is 547 g/mol. The number of aliphatic hydroxyl groups is 4. The maximum atomic E-state index is 12.9. The highest BCUT2D eigenvalue weighted by Crippen LogP contribution is 2.50. The second-order valence-corrected chi connectivity index (χ2v) is 9.36. The van der Waals surface area contributed by atoms with E-state index in [1.54, 1.807) is 18.2 Å². The van der Waals surface area contributed by atoms with Gasteiger partial charge in [0.2, 0.25) is 23.4 Å². The molecule has 0 radical (unpaired) electrons. The molecule has 2 aromatic carbocycles. The maximum Gasteiger partial charge on any atom is 0.229 e. The number of aliphatic hydroxyl groups excluding tert-OH is 4. The molecule has 39 heavy (non-hydrogen) atoms. The molecule has 6 atom stereocenters. The summed E-state index contributed by atoms with van der Waals surface area (Å²) in [7, 11) is 4.23. The van der Waals surface area contributed by atoms with Gasteiger partial charge >= 0.3 is 0 Å². The predicted molar refractivity (Wildman–Crippen MR) is 137 cm³/mol. The number of carbonyl (C=O) groups excluding carboxylic acids is 1. The molecular weight excluding hydrogens is 514 g/mol. The Bertz CT molecular complexity index is 1280. The van der Waals surface area contributed by atoms with E-state index in [0.29, 0.717) is 29.5 Å². The van der Waals surface area contributed by atoms with Crippen molar-refractivity contribution in [3.05, 3.63) is 45.6 Å². The fourth-order valence-electron chi connectivity index (χ4n) is 5.09. The third-order valence-corrected chi connectivity index (χ3v) is 6.97. The summed E-state index contributed by atoms with van der Waals surface area (Å²) in [5, 5.41) is 43.3. The van der Waals surface area contributed by atoms with E-state index in [2.05, 4.69) is 5.32 Å². The molecule has 2 aliphatic rings. The Morgan fingerprint density at radius 3 is 2.33 bits per heavy atom. The lowest BCUT2D eigenvalue weighted by Crippen LogP contribution is -2.60. The van der Waals surface area contributed by atoms with Crippen LogP contribution in [-0.2, 0) is 16.0 Å². The summed E-state index contributed by atoms with van der Waals surface area (Å²) in [5.41, 5.74) is 2.15. The molecule has 212 valence electrons. The number of hydrogen-bond donors (Lipinski definition) is 5.